The lowest BCUT2D eigenvalue weighted by Crippen LogP contribution is -2.07. The molecule has 10 heavy (non-hydrogen) atoms. The van der Waals surface area contributed by atoms with Crippen molar-refractivity contribution in [1.29, 1.82) is 0 Å². The van der Waals surface area contributed by atoms with Crippen molar-refractivity contribution in [2.45, 2.75) is 0 Å². The van der Waals surface area contributed by atoms with E-state index in [9.17, 15) is 7.35 Å². The molecule has 0 radical (unpaired) electrons. The molecule has 0 saturated heterocycles. The van der Waals surface area contributed by atoms with E-state index >= 15 is 0 Å². The zero-order valence-electron chi connectivity index (χ0n) is 5.18. The number of halogens is 3. The van der Waals surface area contributed by atoms with Gasteiger partial charge in [-0.2, -0.15) is 0 Å². The Labute approximate surface area is 78.9 Å². The van der Waals surface area contributed by atoms with Crippen molar-refractivity contribution >= 4 is 41.6 Å². The molecule has 0 spiro atoms. The summed E-state index contributed by atoms with van der Waals surface area (Å²) in [6, 6.07) is 5.53. The molecule has 52 valence electrons. The van der Waals surface area contributed by atoms with E-state index in [-0.39, 0.29) is 22.8 Å². The first kappa shape index (κ1) is 10.3. The van der Waals surface area contributed by atoms with Crippen LogP contribution in [-0.4, -0.2) is 20.9 Å². The van der Waals surface area contributed by atoms with Gasteiger partial charge in [-0.05, 0) is 12.1 Å². The van der Waals surface area contributed by atoms with Gasteiger partial charge in [0, 0.05) is 0 Å². The van der Waals surface area contributed by atoms with Crippen LogP contribution in [0, 0.1) is 5.82 Å². The van der Waals surface area contributed by atoms with Gasteiger partial charge in [0.1, 0.15) is 5.82 Å². The molecule has 0 aliphatic carbocycles. The SMILES string of the molecule is Br.[F][Mg][c]1ccc(F)cc1. The fraction of sp³-hybridized carbons (Fsp3) is 0. The van der Waals surface area contributed by atoms with E-state index in [0.29, 0.717) is 3.69 Å². The molecule has 0 saturated carbocycles. The summed E-state index contributed by atoms with van der Waals surface area (Å²) in [6.45, 7) is 0. The van der Waals surface area contributed by atoms with Gasteiger partial charge >= 0.3 is 20.9 Å². The monoisotopic (exact) mass is 218 g/mol. The third-order valence-corrected chi connectivity index (χ3v) is 1.85. The van der Waals surface area contributed by atoms with Crippen LogP contribution >= 0.6 is 17.0 Å². The molecule has 0 unspecified atom stereocenters. The summed E-state index contributed by atoms with van der Waals surface area (Å²) in [7, 11) is 0. The maximum absolute atomic E-state index is 12.1. The summed E-state index contributed by atoms with van der Waals surface area (Å²) >= 11 is -1.59. The Balaban J connectivity index is 0.000000810. The molecule has 0 N–H and O–H groups in total. The summed E-state index contributed by atoms with van der Waals surface area (Å²) in [5.74, 6) is -0.304. The van der Waals surface area contributed by atoms with Crippen LogP contribution in [-0.2, 0) is 0 Å². The lowest BCUT2D eigenvalue weighted by atomic mass is 10.3. The Hall–Kier alpha value is 0.326. The number of benzene rings is 1. The molecular weight excluding hydrogens is 214 g/mol. The second-order valence-electron chi connectivity index (χ2n) is 1.76. The third-order valence-electron chi connectivity index (χ3n) is 1.07. The van der Waals surface area contributed by atoms with E-state index in [1.165, 1.54) is 24.3 Å². The molecule has 0 heterocycles. The van der Waals surface area contributed by atoms with Gasteiger partial charge in [0.2, 0.25) is 0 Å². The van der Waals surface area contributed by atoms with Gasteiger partial charge in [-0.15, -0.1) is 20.7 Å². The largest absolute Gasteiger partial charge is 0.652 e. The number of rotatable bonds is 1. The minimum atomic E-state index is -1.59. The van der Waals surface area contributed by atoms with Crippen LogP contribution in [0.1, 0.15) is 0 Å². The first-order chi connectivity index (χ1) is 4.33. The molecule has 0 aliphatic heterocycles. The van der Waals surface area contributed by atoms with Gasteiger partial charge in [-0.3, -0.25) is 0 Å². The van der Waals surface area contributed by atoms with Crippen molar-refractivity contribution in [2.75, 3.05) is 0 Å². The highest BCUT2D eigenvalue weighted by atomic mass is 79.9. The van der Waals surface area contributed by atoms with Crippen molar-refractivity contribution in [1.82, 2.24) is 0 Å². The van der Waals surface area contributed by atoms with Crippen LogP contribution in [0.5, 0.6) is 0 Å². The highest BCUT2D eigenvalue weighted by Gasteiger charge is 1.96. The topological polar surface area (TPSA) is 0 Å². The summed E-state index contributed by atoms with van der Waals surface area (Å²) in [5.41, 5.74) is 0. The first-order valence-electron chi connectivity index (χ1n) is 2.63. The van der Waals surface area contributed by atoms with E-state index in [0.717, 1.165) is 0 Å². The van der Waals surface area contributed by atoms with Gasteiger partial charge in [0.05, 0.1) is 0 Å². The molecule has 0 atom stereocenters. The minimum Gasteiger partial charge on any atom is -0.475 e. The summed E-state index contributed by atoms with van der Waals surface area (Å²) in [5, 5.41) is 0. The fourth-order valence-corrected chi connectivity index (χ4v) is 0.987. The molecular formula is C6H5BrF2Mg. The minimum absolute atomic E-state index is 0. The van der Waals surface area contributed by atoms with Crippen LogP contribution in [0.2, 0.25) is 0 Å². The predicted molar refractivity (Wildman–Crippen MR) is 43.2 cm³/mol. The van der Waals surface area contributed by atoms with Gasteiger partial charge in [-0.25, -0.2) is 4.39 Å². The Morgan fingerprint density at radius 1 is 1.10 bits per heavy atom. The predicted octanol–water partition coefficient (Wildman–Crippen LogP) is 1.62. The Morgan fingerprint density at radius 3 is 2.00 bits per heavy atom. The summed E-state index contributed by atoms with van der Waals surface area (Å²) < 4.78 is 24.6. The zero-order valence-corrected chi connectivity index (χ0v) is 8.31. The molecule has 1 rings (SSSR count). The van der Waals surface area contributed by atoms with Crippen molar-refractivity contribution in [3.05, 3.63) is 30.1 Å². The second-order valence-corrected chi connectivity index (χ2v) is 2.84. The van der Waals surface area contributed by atoms with E-state index in [2.05, 4.69) is 0 Å². The van der Waals surface area contributed by atoms with Crippen LogP contribution in [0.15, 0.2) is 24.3 Å². The Bertz CT molecular complexity index is 187. The van der Waals surface area contributed by atoms with E-state index in [1.54, 1.807) is 0 Å². The molecule has 0 nitrogen and oxygen atoms in total. The molecule has 0 aromatic heterocycles. The molecule has 4 heteroatoms. The van der Waals surface area contributed by atoms with Gasteiger partial charge in [0.15, 0.2) is 0 Å². The van der Waals surface area contributed by atoms with Crippen LogP contribution in [0.3, 0.4) is 0 Å². The molecule has 0 bridgehead atoms. The van der Waals surface area contributed by atoms with E-state index in [1.807, 2.05) is 0 Å². The zero-order chi connectivity index (χ0) is 6.69. The third kappa shape index (κ3) is 2.94. The van der Waals surface area contributed by atoms with Crippen molar-refractivity contribution in [3.63, 3.8) is 0 Å². The molecule has 0 fully saturated rings. The van der Waals surface area contributed by atoms with Crippen LogP contribution in [0.4, 0.5) is 7.35 Å². The Morgan fingerprint density at radius 2 is 1.60 bits per heavy atom. The summed E-state index contributed by atoms with van der Waals surface area (Å²) in [4.78, 5) is 0. The van der Waals surface area contributed by atoms with Gasteiger partial charge in [0.25, 0.3) is 0 Å². The standard InChI is InChI=1S/C6H4F.BrH.FH.Mg/c7-6-4-2-1-3-5-6;;;/h2-5H;2*1H;/q;;;+1/p-1. The van der Waals surface area contributed by atoms with E-state index < -0.39 is 20.9 Å². The normalized spacial score (nSPS) is 7.80. The maximum atomic E-state index is 12.1. The first-order valence-corrected chi connectivity index (χ1v) is 3.87. The van der Waals surface area contributed by atoms with E-state index in [4.69, 9.17) is 0 Å². The van der Waals surface area contributed by atoms with Crippen molar-refractivity contribution in [2.24, 2.45) is 0 Å². The average molecular weight is 219 g/mol. The highest BCUT2D eigenvalue weighted by Crippen LogP contribution is 1.91. The maximum Gasteiger partial charge on any atom is 0.652 e. The highest BCUT2D eigenvalue weighted by molar-refractivity contribution is 8.93. The van der Waals surface area contributed by atoms with Crippen LogP contribution < -0.4 is 3.69 Å². The Kier molecular flexibility index (Phi) is 5.20. The second kappa shape index (κ2) is 5.04. The fourth-order valence-electron chi connectivity index (χ4n) is 0.573. The van der Waals surface area contributed by atoms with Crippen molar-refractivity contribution < 1.29 is 7.35 Å². The molecule has 0 aliphatic rings. The lowest BCUT2D eigenvalue weighted by Gasteiger charge is -1.89. The molecule has 0 amide bonds. The molecule has 1 aromatic carbocycles. The quantitative estimate of drug-likeness (QED) is 0.630. The average Bonchev–Trinajstić information content (AvgIpc) is 1.90. The van der Waals surface area contributed by atoms with Gasteiger partial charge in [-0.1, -0.05) is 12.1 Å². The number of hydrogen-bond donors (Lipinski definition) is 0. The smallest absolute Gasteiger partial charge is 0.475 e. The summed E-state index contributed by atoms with van der Waals surface area (Å²) in [6.07, 6.45) is 0. The molecule has 1 aromatic rings. The lowest BCUT2D eigenvalue weighted by molar-refractivity contribution is 0.628. The van der Waals surface area contributed by atoms with Crippen LogP contribution in [0.25, 0.3) is 0 Å². The van der Waals surface area contributed by atoms with Crippen molar-refractivity contribution in [3.8, 4) is 0 Å². The number of hydrogen-bond acceptors (Lipinski definition) is 0. The van der Waals surface area contributed by atoms with Gasteiger partial charge < -0.3 is 2.96 Å².